The summed E-state index contributed by atoms with van der Waals surface area (Å²) in [6.45, 7) is 3.97. The third-order valence-corrected chi connectivity index (χ3v) is 2.89. The number of nitrogens with two attached hydrogens (primary N) is 1. The van der Waals surface area contributed by atoms with E-state index in [1.165, 1.54) is 0 Å². The lowest BCUT2D eigenvalue weighted by molar-refractivity contribution is 0.270. The highest BCUT2D eigenvalue weighted by molar-refractivity contribution is 6.32. The van der Waals surface area contributed by atoms with Gasteiger partial charge in [-0.15, -0.1) is 0 Å². The van der Waals surface area contributed by atoms with Crippen LogP contribution in [0.5, 0.6) is 5.75 Å². The molecule has 2 rings (SSSR count). The van der Waals surface area contributed by atoms with Crippen LogP contribution in [0.25, 0.3) is 0 Å². The second-order valence-corrected chi connectivity index (χ2v) is 4.47. The van der Waals surface area contributed by atoms with Crippen molar-refractivity contribution in [3.63, 3.8) is 0 Å². The zero-order valence-corrected chi connectivity index (χ0v) is 10.9. The summed E-state index contributed by atoms with van der Waals surface area (Å²) < 4.78 is 10.1. The molecule has 0 aliphatic heterocycles. The topological polar surface area (TPSA) is 74.2 Å². The quantitative estimate of drug-likeness (QED) is 0.922. The van der Waals surface area contributed by atoms with Gasteiger partial charge in [0.05, 0.1) is 5.02 Å². The molecule has 6 heteroatoms. The zero-order chi connectivity index (χ0) is 13.1. The number of aromatic nitrogens is 2. The Hall–Kier alpha value is -1.59. The molecule has 0 amide bonds. The van der Waals surface area contributed by atoms with Gasteiger partial charge in [0.2, 0.25) is 0 Å². The highest BCUT2D eigenvalue weighted by Gasteiger charge is 2.09. The molecule has 18 heavy (non-hydrogen) atoms. The summed E-state index contributed by atoms with van der Waals surface area (Å²) in [7, 11) is 0. The first-order chi connectivity index (χ1) is 8.58. The van der Waals surface area contributed by atoms with Crippen LogP contribution in [0.1, 0.15) is 29.9 Å². The predicted molar refractivity (Wildman–Crippen MR) is 67.4 cm³/mol. The molecule has 2 N–H and O–H groups in total. The smallest absolute Gasteiger partial charge is 0.145 e. The van der Waals surface area contributed by atoms with Crippen molar-refractivity contribution in [2.75, 3.05) is 0 Å². The summed E-state index contributed by atoms with van der Waals surface area (Å²) in [5, 5.41) is 7.93. The number of hydrogen-bond donors (Lipinski definition) is 1. The molecule has 0 unspecified atom stereocenters. The van der Waals surface area contributed by atoms with Crippen molar-refractivity contribution in [3.05, 3.63) is 40.2 Å². The van der Waals surface area contributed by atoms with Gasteiger partial charge in [-0.2, -0.15) is 0 Å². The van der Waals surface area contributed by atoms with Crippen molar-refractivity contribution >= 4 is 11.6 Å². The van der Waals surface area contributed by atoms with E-state index >= 15 is 0 Å². The molecule has 0 radical (unpaired) electrons. The lowest BCUT2D eigenvalue weighted by atomic mass is 10.1. The Balaban J connectivity index is 2.08. The maximum atomic E-state index is 6.11. The Kier molecular flexibility index (Phi) is 3.84. The van der Waals surface area contributed by atoms with E-state index in [0.29, 0.717) is 22.2 Å². The third-order valence-electron chi connectivity index (χ3n) is 2.59. The molecule has 1 heterocycles. The minimum absolute atomic E-state index is 0.0569. The van der Waals surface area contributed by atoms with Crippen LogP contribution in [0.3, 0.4) is 0 Å². The van der Waals surface area contributed by atoms with Crippen molar-refractivity contribution < 1.29 is 9.37 Å². The molecule has 1 aromatic heterocycles. The van der Waals surface area contributed by atoms with Gasteiger partial charge in [0, 0.05) is 6.04 Å². The van der Waals surface area contributed by atoms with Crippen LogP contribution >= 0.6 is 11.6 Å². The van der Waals surface area contributed by atoms with Crippen LogP contribution < -0.4 is 10.5 Å². The molecule has 96 valence electrons. The number of rotatable bonds is 4. The average Bonchev–Trinajstić information content (AvgIpc) is 2.73. The van der Waals surface area contributed by atoms with Crippen molar-refractivity contribution in [2.45, 2.75) is 26.5 Å². The number of aryl methyl sites for hydroxylation is 1. The molecule has 2 aromatic rings. The molecule has 0 aliphatic carbocycles. The Labute approximate surface area is 110 Å². The van der Waals surface area contributed by atoms with E-state index in [0.717, 1.165) is 5.56 Å². The van der Waals surface area contributed by atoms with Gasteiger partial charge in [0.1, 0.15) is 23.7 Å². The molecule has 1 atom stereocenters. The Morgan fingerprint density at radius 2 is 2.22 bits per heavy atom. The maximum Gasteiger partial charge on any atom is 0.145 e. The summed E-state index contributed by atoms with van der Waals surface area (Å²) in [5.41, 5.74) is 8.10. The SMILES string of the molecule is Cc1nonc1COc1ccc([C@@H](C)N)cc1Cl. The van der Waals surface area contributed by atoms with Crippen molar-refractivity contribution in [1.29, 1.82) is 0 Å². The summed E-state index contributed by atoms with van der Waals surface area (Å²) >= 11 is 6.11. The van der Waals surface area contributed by atoms with Crippen molar-refractivity contribution in [1.82, 2.24) is 10.3 Å². The molecule has 1 aromatic carbocycles. The molecule has 5 nitrogen and oxygen atoms in total. The second kappa shape index (κ2) is 5.37. The molecule has 0 fully saturated rings. The number of hydrogen-bond acceptors (Lipinski definition) is 5. The third kappa shape index (κ3) is 2.80. The summed E-state index contributed by atoms with van der Waals surface area (Å²) in [6.07, 6.45) is 0. The van der Waals surface area contributed by atoms with E-state index in [-0.39, 0.29) is 12.6 Å². The monoisotopic (exact) mass is 267 g/mol. The van der Waals surface area contributed by atoms with Crippen LogP contribution in [0.4, 0.5) is 0 Å². The predicted octanol–water partition coefficient (Wildman–Crippen LogP) is 2.63. The molecule has 0 aliphatic rings. The Morgan fingerprint density at radius 3 is 2.78 bits per heavy atom. The molecule has 0 bridgehead atoms. The Morgan fingerprint density at radius 1 is 1.44 bits per heavy atom. The van der Waals surface area contributed by atoms with Gasteiger partial charge >= 0.3 is 0 Å². The van der Waals surface area contributed by atoms with Gasteiger partial charge in [-0.1, -0.05) is 28.0 Å². The lowest BCUT2D eigenvalue weighted by Gasteiger charge is -2.10. The van der Waals surface area contributed by atoms with E-state index in [1.807, 2.05) is 13.0 Å². The van der Waals surface area contributed by atoms with Crippen LogP contribution in [-0.2, 0) is 6.61 Å². The van der Waals surface area contributed by atoms with Crippen LogP contribution in [-0.4, -0.2) is 10.3 Å². The fourth-order valence-electron chi connectivity index (χ4n) is 1.44. The van der Waals surface area contributed by atoms with Crippen LogP contribution in [0, 0.1) is 6.92 Å². The lowest BCUT2D eigenvalue weighted by Crippen LogP contribution is -2.05. The van der Waals surface area contributed by atoms with Gasteiger partial charge in [-0.05, 0) is 31.5 Å². The van der Waals surface area contributed by atoms with E-state index in [4.69, 9.17) is 22.1 Å². The second-order valence-electron chi connectivity index (χ2n) is 4.06. The van der Waals surface area contributed by atoms with Crippen molar-refractivity contribution in [2.24, 2.45) is 5.73 Å². The van der Waals surface area contributed by atoms with Gasteiger partial charge < -0.3 is 10.5 Å². The van der Waals surface area contributed by atoms with Gasteiger partial charge in [0.15, 0.2) is 0 Å². The van der Waals surface area contributed by atoms with Crippen molar-refractivity contribution in [3.8, 4) is 5.75 Å². The summed E-state index contributed by atoms with van der Waals surface area (Å²) in [6, 6.07) is 5.43. The first-order valence-electron chi connectivity index (χ1n) is 5.54. The normalized spacial score (nSPS) is 12.4. The van der Waals surface area contributed by atoms with Gasteiger partial charge in [-0.25, -0.2) is 4.63 Å². The number of halogens is 1. The standard InChI is InChI=1S/C12H14ClN3O2/c1-7(14)9-3-4-12(10(13)5-9)17-6-11-8(2)15-18-16-11/h3-5,7H,6,14H2,1-2H3/t7-/m1/s1. The fourth-order valence-corrected chi connectivity index (χ4v) is 1.69. The zero-order valence-electron chi connectivity index (χ0n) is 10.2. The number of benzene rings is 1. The minimum Gasteiger partial charge on any atom is -0.486 e. The Bertz CT molecular complexity index is 540. The minimum atomic E-state index is -0.0569. The number of ether oxygens (including phenoxy) is 1. The van der Waals surface area contributed by atoms with Gasteiger partial charge in [0.25, 0.3) is 0 Å². The van der Waals surface area contributed by atoms with E-state index in [2.05, 4.69) is 14.9 Å². The summed E-state index contributed by atoms with van der Waals surface area (Å²) in [5.74, 6) is 0.587. The fraction of sp³-hybridized carbons (Fsp3) is 0.333. The van der Waals surface area contributed by atoms with Crippen LogP contribution in [0.15, 0.2) is 22.8 Å². The molecule has 0 spiro atoms. The van der Waals surface area contributed by atoms with E-state index < -0.39 is 0 Å². The molecule has 0 saturated heterocycles. The van der Waals surface area contributed by atoms with E-state index in [1.54, 1.807) is 19.1 Å². The number of nitrogens with zero attached hydrogens (tertiary/aromatic N) is 2. The largest absolute Gasteiger partial charge is 0.486 e. The highest BCUT2D eigenvalue weighted by Crippen LogP contribution is 2.28. The van der Waals surface area contributed by atoms with Crippen LogP contribution in [0.2, 0.25) is 5.02 Å². The molecular weight excluding hydrogens is 254 g/mol. The maximum absolute atomic E-state index is 6.11. The van der Waals surface area contributed by atoms with Gasteiger partial charge in [-0.3, -0.25) is 0 Å². The summed E-state index contributed by atoms with van der Waals surface area (Å²) in [4.78, 5) is 0. The average molecular weight is 268 g/mol. The van der Waals surface area contributed by atoms with E-state index in [9.17, 15) is 0 Å². The highest BCUT2D eigenvalue weighted by atomic mass is 35.5. The molecular formula is C12H14ClN3O2. The molecule has 0 saturated carbocycles. The first-order valence-corrected chi connectivity index (χ1v) is 5.91. The first kappa shape index (κ1) is 12.9.